The van der Waals surface area contributed by atoms with Crippen LogP contribution in [0, 0.1) is 33.2 Å². The van der Waals surface area contributed by atoms with E-state index in [9.17, 15) is 4.39 Å². The zero-order valence-corrected chi connectivity index (χ0v) is 17.2. The van der Waals surface area contributed by atoms with Crippen molar-refractivity contribution in [3.63, 3.8) is 0 Å². The number of rotatable bonds is 3. The summed E-state index contributed by atoms with van der Waals surface area (Å²) in [5.41, 5.74) is 9.12. The van der Waals surface area contributed by atoms with E-state index < -0.39 is 5.82 Å². The Morgan fingerprint density at radius 1 is 0.966 bits per heavy atom. The van der Waals surface area contributed by atoms with Gasteiger partial charge in [-0.25, -0.2) is 9.24 Å². The van der Waals surface area contributed by atoms with Gasteiger partial charge in [0.1, 0.15) is 5.82 Å². The van der Waals surface area contributed by atoms with Crippen molar-refractivity contribution in [3.8, 4) is 22.4 Å². The number of pyridine rings is 1. The molecule has 0 spiro atoms. The molecule has 0 aliphatic heterocycles. The Morgan fingerprint density at radius 2 is 1.66 bits per heavy atom. The van der Waals surface area contributed by atoms with E-state index in [1.165, 1.54) is 54.0 Å². The first kappa shape index (κ1) is 19.3. The summed E-state index contributed by atoms with van der Waals surface area (Å²) in [7, 11) is 0. The van der Waals surface area contributed by atoms with Crippen LogP contribution in [-0.2, 0) is 0 Å². The lowest BCUT2D eigenvalue weighted by Gasteiger charge is -2.18. The minimum atomic E-state index is -0.495. The van der Waals surface area contributed by atoms with Crippen LogP contribution in [0.15, 0.2) is 42.6 Å². The van der Waals surface area contributed by atoms with E-state index in [2.05, 4.69) is 42.7 Å². The molecular formula is C26H25FN2. The normalized spacial score (nSPS) is 14.2. The van der Waals surface area contributed by atoms with Crippen LogP contribution < -0.4 is 0 Å². The van der Waals surface area contributed by atoms with Crippen molar-refractivity contribution in [1.29, 1.82) is 0 Å². The molecule has 2 nitrogen and oxygen atoms in total. The van der Waals surface area contributed by atoms with Crippen molar-refractivity contribution in [2.45, 2.75) is 52.4 Å². The molecule has 0 amide bonds. The molecule has 0 atom stereocenters. The molecule has 2 aromatic carbocycles. The average Bonchev–Trinajstić information content (AvgIpc) is 3.24. The molecule has 1 aliphatic carbocycles. The molecule has 0 saturated heterocycles. The Balaban J connectivity index is 1.73. The number of aryl methyl sites for hydroxylation is 3. The van der Waals surface area contributed by atoms with Gasteiger partial charge in [0, 0.05) is 11.8 Å². The number of hydrogen-bond acceptors (Lipinski definition) is 1. The predicted molar refractivity (Wildman–Crippen MR) is 117 cm³/mol. The first-order valence-electron chi connectivity index (χ1n) is 10.2. The van der Waals surface area contributed by atoms with Crippen molar-refractivity contribution in [2.24, 2.45) is 0 Å². The summed E-state index contributed by atoms with van der Waals surface area (Å²) < 4.78 is 13.6. The van der Waals surface area contributed by atoms with Gasteiger partial charge in [-0.1, -0.05) is 31.0 Å². The third-order valence-corrected chi connectivity index (χ3v) is 6.12. The molecule has 0 bridgehead atoms. The standard InChI is InChI=1S/C26H25FN2/c1-16-13-24(20-9-10-23(27)25(14-20)28-4)29-15-22(16)26-17(2)11-21(12-18(26)3)19-7-5-6-8-19/h9-15,19H,5-8H2,1-3H3. The molecule has 1 heterocycles. The first-order chi connectivity index (χ1) is 14.0. The summed E-state index contributed by atoms with van der Waals surface area (Å²) in [5, 5.41) is 0. The van der Waals surface area contributed by atoms with E-state index in [0.717, 1.165) is 22.4 Å². The molecule has 1 fully saturated rings. The summed E-state index contributed by atoms with van der Waals surface area (Å²) in [6, 6.07) is 11.3. The quantitative estimate of drug-likeness (QED) is 0.423. The number of benzene rings is 2. The van der Waals surface area contributed by atoms with Crippen molar-refractivity contribution in [1.82, 2.24) is 4.98 Å². The average molecular weight is 384 g/mol. The van der Waals surface area contributed by atoms with Crippen LogP contribution in [0.1, 0.15) is 53.9 Å². The molecule has 0 unspecified atom stereocenters. The van der Waals surface area contributed by atoms with Crippen LogP contribution in [-0.4, -0.2) is 4.98 Å². The maximum absolute atomic E-state index is 13.6. The van der Waals surface area contributed by atoms with Gasteiger partial charge >= 0.3 is 0 Å². The van der Waals surface area contributed by atoms with Gasteiger partial charge in [0.05, 0.1) is 12.3 Å². The lowest BCUT2D eigenvalue weighted by Crippen LogP contribution is -1.99. The molecule has 1 aliphatic rings. The highest BCUT2D eigenvalue weighted by atomic mass is 19.1. The van der Waals surface area contributed by atoms with E-state index in [0.29, 0.717) is 5.92 Å². The fraction of sp³-hybridized carbons (Fsp3) is 0.308. The second-order valence-corrected chi connectivity index (χ2v) is 8.17. The fourth-order valence-electron chi connectivity index (χ4n) is 4.65. The fourth-order valence-corrected chi connectivity index (χ4v) is 4.65. The van der Waals surface area contributed by atoms with Crippen molar-refractivity contribution >= 4 is 5.69 Å². The van der Waals surface area contributed by atoms with Gasteiger partial charge in [-0.2, -0.15) is 0 Å². The highest BCUT2D eigenvalue weighted by molar-refractivity contribution is 5.76. The molecule has 0 N–H and O–H groups in total. The summed E-state index contributed by atoms with van der Waals surface area (Å²) in [6.07, 6.45) is 7.20. The molecule has 0 radical (unpaired) electrons. The molecule has 3 aromatic rings. The molecule has 146 valence electrons. The smallest absolute Gasteiger partial charge is 0.222 e. The Hall–Kier alpha value is -2.99. The molecule has 29 heavy (non-hydrogen) atoms. The van der Waals surface area contributed by atoms with Crippen molar-refractivity contribution < 1.29 is 4.39 Å². The maximum Gasteiger partial charge on any atom is 0.222 e. The van der Waals surface area contributed by atoms with Gasteiger partial charge in [0.2, 0.25) is 5.69 Å². The molecule has 1 aromatic heterocycles. The van der Waals surface area contributed by atoms with E-state index in [-0.39, 0.29) is 5.69 Å². The van der Waals surface area contributed by atoms with Gasteiger partial charge in [0.15, 0.2) is 0 Å². The van der Waals surface area contributed by atoms with Gasteiger partial charge < -0.3 is 0 Å². The minimum absolute atomic E-state index is 0.0280. The van der Waals surface area contributed by atoms with Crippen LogP contribution in [0.3, 0.4) is 0 Å². The Kier molecular flexibility index (Phi) is 5.20. The first-order valence-corrected chi connectivity index (χ1v) is 10.2. The summed E-state index contributed by atoms with van der Waals surface area (Å²) in [4.78, 5) is 7.90. The Morgan fingerprint density at radius 3 is 2.28 bits per heavy atom. The van der Waals surface area contributed by atoms with Gasteiger partial charge in [-0.05, 0) is 91.1 Å². The number of halogens is 1. The second-order valence-electron chi connectivity index (χ2n) is 8.17. The monoisotopic (exact) mass is 384 g/mol. The lowest BCUT2D eigenvalue weighted by molar-refractivity contribution is 0.634. The summed E-state index contributed by atoms with van der Waals surface area (Å²) in [5.74, 6) is 0.212. The third-order valence-electron chi connectivity index (χ3n) is 6.12. The number of aromatic nitrogens is 1. The van der Waals surface area contributed by atoms with Crippen LogP contribution in [0.2, 0.25) is 0 Å². The van der Waals surface area contributed by atoms with Crippen LogP contribution in [0.4, 0.5) is 10.1 Å². The van der Waals surface area contributed by atoms with Gasteiger partial charge in [0.25, 0.3) is 0 Å². The Labute approximate surface area is 172 Å². The molecule has 4 rings (SSSR count). The van der Waals surface area contributed by atoms with E-state index in [1.54, 1.807) is 12.1 Å². The molecular weight excluding hydrogens is 359 g/mol. The van der Waals surface area contributed by atoms with Crippen molar-refractivity contribution in [3.05, 3.63) is 82.1 Å². The highest BCUT2D eigenvalue weighted by Crippen LogP contribution is 2.38. The van der Waals surface area contributed by atoms with Crippen LogP contribution in [0.25, 0.3) is 27.2 Å². The van der Waals surface area contributed by atoms with Crippen molar-refractivity contribution in [2.75, 3.05) is 0 Å². The highest BCUT2D eigenvalue weighted by Gasteiger charge is 2.19. The minimum Gasteiger partial charge on any atom is -0.256 e. The number of nitrogens with zero attached hydrogens (tertiary/aromatic N) is 2. The van der Waals surface area contributed by atoms with E-state index in [1.807, 2.05) is 12.3 Å². The summed E-state index contributed by atoms with van der Waals surface area (Å²) in [6.45, 7) is 13.6. The Bertz CT molecular complexity index is 1100. The third kappa shape index (κ3) is 3.68. The number of hydrogen-bond donors (Lipinski definition) is 0. The SMILES string of the molecule is [C-]#[N+]c1cc(-c2cc(C)c(-c3c(C)cc(C4CCCC4)cc3C)cn2)ccc1F. The lowest BCUT2D eigenvalue weighted by atomic mass is 9.87. The van der Waals surface area contributed by atoms with Crippen LogP contribution in [0.5, 0.6) is 0 Å². The zero-order chi connectivity index (χ0) is 20.5. The zero-order valence-electron chi connectivity index (χ0n) is 17.2. The summed E-state index contributed by atoms with van der Waals surface area (Å²) >= 11 is 0. The van der Waals surface area contributed by atoms with Gasteiger partial charge in [-0.3, -0.25) is 4.98 Å². The van der Waals surface area contributed by atoms with E-state index >= 15 is 0 Å². The topological polar surface area (TPSA) is 17.2 Å². The second kappa shape index (κ2) is 7.79. The predicted octanol–water partition coefficient (Wildman–Crippen LogP) is 7.69. The molecule has 3 heteroatoms. The maximum atomic E-state index is 13.6. The largest absolute Gasteiger partial charge is 0.256 e. The molecule has 1 saturated carbocycles. The van der Waals surface area contributed by atoms with Crippen LogP contribution >= 0.6 is 0 Å². The van der Waals surface area contributed by atoms with E-state index in [4.69, 9.17) is 6.57 Å². The van der Waals surface area contributed by atoms with Gasteiger partial charge in [-0.15, -0.1) is 0 Å².